The van der Waals surface area contributed by atoms with E-state index in [2.05, 4.69) is 47.3 Å². The van der Waals surface area contributed by atoms with Crippen molar-refractivity contribution in [2.24, 2.45) is 0 Å². The van der Waals surface area contributed by atoms with E-state index in [9.17, 15) is 25.7 Å². The second-order valence-corrected chi connectivity index (χ2v) is 13.6. The number of β-amino-alcohol motifs (C(OH)–C–C–N with tert-alkyl or cyclic N) is 1. The van der Waals surface area contributed by atoms with Crippen LogP contribution in [0.2, 0.25) is 5.02 Å². The molecule has 4 aromatic rings. The summed E-state index contributed by atoms with van der Waals surface area (Å²) in [5.74, 6) is 1.66. The van der Waals surface area contributed by atoms with Crippen LogP contribution >= 0.6 is 11.6 Å². The second kappa shape index (κ2) is 18.5. The second-order valence-electron chi connectivity index (χ2n) is 13.2. The van der Waals surface area contributed by atoms with Crippen LogP contribution in [-0.2, 0) is 19.8 Å². The quantitative estimate of drug-likeness (QED) is 0.0904. The molecule has 276 valence electrons. The third kappa shape index (κ3) is 9.79. The number of likely N-dealkylation sites (tertiary alicyclic amines) is 1. The van der Waals surface area contributed by atoms with Crippen LogP contribution < -0.4 is 19.5 Å². The molecule has 0 amide bonds. The number of ether oxygens (including phenoxy) is 3. The van der Waals surface area contributed by atoms with Gasteiger partial charge in [0.2, 0.25) is 0 Å². The van der Waals surface area contributed by atoms with Crippen molar-refractivity contribution in [2.75, 3.05) is 46.1 Å². The summed E-state index contributed by atoms with van der Waals surface area (Å²) in [6.45, 7) is 6.28. The minimum absolute atomic E-state index is 0.105. The molecule has 1 fully saturated rings. The van der Waals surface area contributed by atoms with E-state index in [-0.39, 0.29) is 25.9 Å². The molecule has 1 aliphatic rings. The Morgan fingerprint density at radius 2 is 1.63 bits per heavy atom. The highest BCUT2D eigenvalue weighted by Gasteiger charge is 2.28. The smallest absolute Gasteiger partial charge is 0.142 e. The van der Waals surface area contributed by atoms with Crippen LogP contribution in [0.25, 0.3) is 11.1 Å². The van der Waals surface area contributed by atoms with E-state index in [4.69, 9.17) is 25.8 Å². The largest absolute Gasteiger partial charge is 0.493 e. The van der Waals surface area contributed by atoms with Crippen LogP contribution in [0.3, 0.4) is 0 Å². The molecule has 52 heavy (non-hydrogen) atoms. The molecular formula is C40H47ClN4O7. The predicted octanol–water partition coefficient (Wildman–Crippen LogP) is 4.69. The Labute approximate surface area is 310 Å². The molecule has 1 aromatic heterocycles. The Morgan fingerprint density at radius 3 is 2.35 bits per heavy atom. The molecule has 1 saturated heterocycles. The molecule has 0 aliphatic carbocycles. The molecule has 12 heteroatoms. The van der Waals surface area contributed by atoms with Gasteiger partial charge in [0.05, 0.1) is 48.7 Å². The van der Waals surface area contributed by atoms with Gasteiger partial charge >= 0.3 is 0 Å². The summed E-state index contributed by atoms with van der Waals surface area (Å²) in [7, 11) is 0. The van der Waals surface area contributed by atoms with Crippen molar-refractivity contribution < 1.29 is 34.6 Å². The van der Waals surface area contributed by atoms with Crippen LogP contribution in [-0.4, -0.2) is 88.0 Å². The molecule has 1 unspecified atom stereocenters. The van der Waals surface area contributed by atoms with Crippen molar-refractivity contribution in [1.29, 1.82) is 5.26 Å². The van der Waals surface area contributed by atoms with Crippen LogP contribution in [0.1, 0.15) is 46.2 Å². The standard InChI is InChI=1S/C40H47ClN4O7/c1-27-31(6-3-7-34(27)35-8-4-9-37(28(35)2)50-13-5-11-45-12-10-33(49)21-45)23-52-39-16-38(51-22-30-14-29(17-42)18-43-19-30)32(15-36(39)41)20-44-40(24-46,25-47)26-48/h3-4,6-9,14-16,18-19,33,44,46-49H,5,10-13,20-26H2,1-2H3. The van der Waals surface area contributed by atoms with E-state index in [1.807, 2.05) is 24.3 Å². The fourth-order valence-electron chi connectivity index (χ4n) is 6.18. The molecule has 1 aliphatic heterocycles. The summed E-state index contributed by atoms with van der Waals surface area (Å²) in [5, 5.41) is 51.9. The zero-order chi connectivity index (χ0) is 37.1. The first-order valence-electron chi connectivity index (χ1n) is 17.4. The normalized spacial score (nSPS) is 14.7. The lowest BCUT2D eigenvalue weighted by Gasteiger charge is -2.29. The Hall–Kier alpha value is -4.25. The summed E-state index contributed by atoms with van der Waals surface area (Å²) >= 11 is 6.75. The third-order valence-electron chi connectivity index (χ3n) is 9.52. The van der Waals surface area contributed by atoms with E-state index in [0.717, 1.165) is 66.0 Å². The fraction of sp³-hybridized carbons (Fsp3) is 0.400. The molecule has 0 radical (unpaired) electrons. The first-order chi connectivity index (χ1) is 25.2. The monoisotopic (exact) mass is 730 g/mol. The van der Waals surface area contributed by atoms with Crippen molar-refractivity contribution in [3.63, 3.8) is 0 Å². The van der Waals surface area contributed by atoms with Crippen molar-refractivity contribution in [1.82, 2.24) is 15.2 Å². The van der Waals surface area contributed by atoms with Gasteiger partial charge in [-0.15, -0.1) is 0 Å². The molecular weight excluding hydrogens is 684 g/mol. The van der Waals surface area contributed by atoms with Gasteiger partial charge in [-0.25, -0.2) is 0 Å². The lowest BCUT2D eigenvalue weighted by molar-refractivity contribution is 0.0412. The molecule has 0 spiro atoms. The number of benzene rings is 3. The Balaban J connectivity index is 1.32. The maximum absolute atomic E-state index is 9.82. The van der Waals surface area contributed by atoms with Gasteiger partial charge in [-0.3, -0.25) is 4.98 Å². The zero-order valence-electron chi connectivity index (χ0n) is 29.6. The van der Waals surface area contributed by atoms with Crippen LogP contribution in [0.15, 0.2) is 67.0 Å². The average Bonchev–Trinajstić information content (AvgIpc) is 3.59. The number of aliphatic hydroxyl groups is 4. The first-order valence-corrected chi connectivity index (χ1v) is 17.8. The van der Waals surface area contributed by atoms with E-state index in [0.29, 0.717) is 39.8 Å². The lowest BCUT2D eigenvalue weighted by atomic mass is 9.93. The summed E-state index contributed by atoms with van der Waals surface area (Å²) in [6, 6.07) is 19.3. The van der Waals surface area contributed by atoms with E-state index < -0.39 is 25.4 Å². The number of rotatable bonds is 18. The molecule has 0 saturated carbocycles. The van der Waals surface area contributed by atoms with E-state index in [1.54, 1.807) is 24.4 Å². The number of halogens is 1. The van der Waals surface area contributed by atoms with Crippen molar-refractivity contribution in [3.8, 4) is 34.4 Å². The highest BCUT2D eigenvalue weighted by molar-refractivity contribution is 6.32. The summed E-state index contributed by atoms with van der Waals surface area (Å²) in [4.78, 5) is 6.38. The minimum atomic E-state index is -1.31. The van der Waals surface area contributed by atoms with Gasteiger partial charge in [0.15, 0.2) is 0 Å². The number of nitrogens with one attached hydrogen (secondary N) is 1. The van der Waals surface area contributed by atoms with Crippen LogP contribution in [0.5, 0.6) is 17.2 Å². The number of nitriles is 1. The number of hydrogen-bond donors (Lipinski definition) is 5. The SMILES string of the molecule is Cc1c(COc2cc(OCc3cncc(C#N)c3)c(CNC(CO)(CO)CO)cc2Cl)cccc1-c1cccc(OCCCN2CCC(O)C2)c1C. The van der Waals surface area contributed by atoms with Crippen LogP contribution in [0.4, 0.5) is 0 Å². The first kappa shape index (κ1) is 39.0. The van der Waals surface area contributed by atoms with E-state index in [1.165, 1.54) is 6.20 Å². The Bertz CT molecular complexity index is 1840. The number of pyridine rings is 1. The number of aliphatic hydroxyl groups excluding tert-OH is 4. The number of hydrogen-bond acceptors (Lipinski definition) is 11. The molecule has 1 atom stereocenters. The van der Waals surface area contributed by atoms with Gasteiger partial charge in [-0.05, 0) is 72.7 Å². The van der Waals surface area contributed by atoms with Gasteiger partial charge in [-0.1, -0.05) is 41.9 Å². The van der Waals surface area contributed by atoms with Gasteiger partial charge < -0.3 is 44.9 Å². The molecule has 5 N–H and O–H groups in total. The average molecular weight is 731 g/mol. The van der Waals surface area contributed by atoms with Gasteiger partial charge in [-0.2, -0.15) is 5.26 Å². The molecule has 2 heterocycles. The number of aromatic nitrogens is 1. The van der Waals surface area contributed by atoms with Gasteiger partial charge in [0.1, 0.15) is 36.5 Å². The number of nitrogens with zero attached hydrogens (tertiary/aromatic N) is 3. The topological polar surface area (TPSA) is 161 Å². The van der Waals surface area contributed by atoms with Gasteiger partial charge in [0.25, 0.3) is 0 Å². The molecule has 3 aromatic carbocycles. The predicted molar refractivity (Wildman–Crippen MR) is 198 cm³/mol. The Morgan fingerprint density at radius 1 is 0.904 bits per heavy atom. The van der Waals surface area contributed by atoms with E-state index >= 15 is 0 Å². The van der Waals surface area contributed by atoms with Crippen molar-refractivity contribution in [3.05, 3.63) is 105 Å². The highest BCUT2D eigenvalue weighted by atomic mass is 35.5. The highest BCUT2D eigenvalue weighted by Crippen LogP contribution is 2.36. The fourth-order valence-corrected chi connectivity index (χ4v) is 6.42. The minimum Gasteiger partial charge on any atom is -0.493 e. The Kier molecular flexibility index (Phi) is 13.9. The zero-order valence-corrected chi connectivity index (χ0v) is 30.4. The summed E-state index contributed by atoms with van der Waals surface area (Å²) in [5.41, 5.74) is 5.61. The molecule has 11 nitrogen and oxygen atoms in total. The van der Waals surface area contributed by atoms with Gasteiger partial charge in [0, 0.05) is 55.8 Å². The van der Waals surface area contributed by atoms with Crippen molar-refractivity contribution in [2.45, 2.75) is 58.1 Å². The lowest BCUT2D eigenvalue weighted by Crippen LogP contribution is -2.54. The van der Waals surface area contributed by atoms with Crippen molar-refractivity contribution >= 4 is 11.6 Å². The maximum Gasteiger partial charge on any atom is 0.142 e. The summed E-state index contributed by atoms with van der Waals surface area (Å²) < 4.78 is 18.7. The third-order valence-corrected chi connectivity index (χ3v) is 9.82. The molecule has 5 rings (SSSR count). The maximum atomic E-state index is 9.82. The summed E-state index contributed by atoms with van der Waals surface area (Å²) in [6.07, 6.45) is 4.59. The van der Waals surface area contributed by atoms with Crippen LogP contribution in [0, 0.1) is 25.2 Å². The molecule has 0 bridgehead atoms.